The maximum absolute atomic E-state index is 13.5. The van der Waals surface area contributed by atoms with E-state index in [0.29, 0.717) is 17.5 Å². The fourth-order valence-corrected chi connectivity index (χ4v) is 2.30. The fourth-order valence-electron chi connectivity index (χ4n) is 2.07. The molecule has 1 aromatic carbocycles. The van der Waals surface area contributed by atoms with Crippen molar-refractivity contribution in [3.8, 4) is 0 Å². The second-order valence-corrected chi connectivity index (χ2v) is 4.95. The number of amides is 1. The van der Waals surface area contributed by atoms with Crippen molar-refractivity contribution in [3.05, 3.63) is 34.6 Å². The Morgan fingerprint density at radius 2 is 2.32 bits per heavy atom. The Balaban J connectivity index is 0.00000180. The van der Waals surface area contributed by atoms with Gasteiger partial charge in [0.2, 0.25) is 5.91 Å². The zero-order valence-electron chi connectivity index (χ0n) is 10.4. The number of carbonyl (C=O) groups excluding carboxylic acids is 1. The Bertz CT molecular complexity index is 416. The molecule has 1 aliphatic rings. The SMILES string of the molecule is Cl.O=C(Cc1c(F)cccc1Cl)NCC1CCNC1. The Labute approximate surface area is 123 Å². The lowest BCUT2D eigenvalue weighted by molar-refractivity contribution is -0.120. The molecule has 1 saturated heterocycles. The van der Waals surface area contributed by atoms with Gasteiger partial charge in [0, 0.05) is 17.1 Å². The van der Waals surface area contributed by atoms with Gasteiger partial charge >= 0.3 is 0 Å². The van der Waals surface area contributed by atoms with Crippen molar-refractivity contribution in [2.24, 2.45) is 5.92 Å². The van der Waals surface area contributed by atoms with Crippen LogP contribution < -0.4 is 10.6 Å². The van der Waals surface area contributed by atoms with Crippen LogP contribution in [0.5, 0.6) is 0 Å². The van der Waals surface area contributed by atoms with Crippen molar-refractivity contribution < 1.29 is 9.18 Å². The van der Waals surface area contributed by atoms with Crippen molar-refractivity contribution in [3.63, 3.8) is 0 Å². The molecule has 1 aromatic rings. The highest BCUT2D eigenvalue weighted by molar-refractivity contribution is 6.31. The summed E-state index contributed by atoms with van der Waals surface area (Å²) in [5.74, 6) is -0.140. The molecule has 3 nitrogen and oxygen atoms in total. The highest BCUT2D eigenvalue weighted by atomic mass is 35.5. The molecule has 106 valence electrons. The van der Waals surface area contributed by atoms with Crippen LogP contribution in [-0.2, 0) is 11.2 Å². The van der Waals surface area contributed by atoms with E-state index in [2.05, 4.69) is 10.6 Å². The summed E-state index contributed by atoms with van der Waals surface area (Å²) in [6.07, 6.45) is 1.06. The van der Waals surface area contributed by atoms with Crippen LogP contribution in [0.1, 0.15) is 12.0 Å². The lowest BCUT2D eigenvalue weighted by Gasteiger charge is -2.11. The molecule has 1 aliphatic heterocycles. The predicted octanol–water partition coefficient (Wildman–Crippen LogP) is 2.17. The van der Waals surface area contributed by atoms with Crippen molar-refractivity contribution in [2.75, 3.05) is 19.6 Å². The van der Waals surface area contributed by atoms with Gasteiger partial charge in [0.25, 0.3) is 0 Å². The van der Waals surface area contributed by atoms with Crippen LogP contribution in [0.4, 0.5) is 4.39 Å². The Morgan fingerprint density at radius 3 is 2.95 bits per heavy atom. The standard InChI is InChI=1S/C13H16ClFN2O.ClH/c14-11-2-1-3-12(15)10(11)6-13(18)17-8-9-4-5-16-7-9;/h1-3,9,16H,4-8H2,(H,17,18);1H. The van der Waals surface area contributed by atoms with E-state index in [1.54, 1.807) is 6.07 Å². The first-order valence-corrected chi connectivity index (χ1v) is 6.45. The topological polar surface area (TPSA) is 41.1 Å². The second kappa shape index (κ2) is 7.68. The van der Waals surface area contributed by atoms with Gasteiger partial charge in [-0.05, 0) is 37.6 Å². The average molecular weight is 307 g/mol. The van der Waals surface area contributed by atoms with Crippen molar-refractivity contribution in [2.45, 2.75) is 12.8 Å². The van der Waals surface area contributed by atoms with Crippen LogP contribution in [-0.4, -0.2) is 25.5 Å². The summed E-state index contributed by atoms with van der Waals surface area (Å²) < 4.78 is 13.5. The van der Waals surface area contributed by atoms with Crippen LogP contribution in [0.2, 0.25) is 5.02 Å². The van der Waals surface area contributed by atoms with Crippen molar-refractivity contribution in [1.82, 2.24) is 10.6 Å². The number of hydrogen-bond donors (Lipinski definition) is 2. The molecular formula is C13H17Cl2FN2O. The molecule has 1 atom stereocenters. The van der Waals surface area contributed by atoms with Gasteiger partial charge in [-0.2, -0.15) is 0 Å². The molecule has 1 amide bonds. The van der Waals surface area contributed by atoms with E-state index >= 15 is 0 Å². The summed E-state index contributed by atoms with van der Waals surface area (Å²) in [5, 5.41) is 6.35. The van der Waals surface area contributed by atoms with Crippen LogP contribution in [0.3, 0.4) is 0 Å². The normalized spacial score (nSPS) is 17.9. The van der Waals surface area contributed by atoms with Gasteiger partial charge in [0.1, 0.15) is 5.82 Å². The summed E-state index contributed by atoms with van der Waals surface area (Å²) in [4.78, 5) is 11.7. The maximum Gasteiger partial charge on any atom is 0.224 e. The largest absolute Gasteiger partial charge is 0.355 e. The summed E-state index contributed by atoms with van der Waals surface area (Å²) >= 11 is 5.87. The van der Waals surface area contributed by atoms with E-state index in [1.165, 1.54) is 12.1 Å². The van der Waals surface area contributed by atoms with E-state index in [0.717, 1.165) is 19.5 Å². The highest BCUT2D eigenvalue weighted by Crippen LogP contribution is 2.19. The van der Waals surface area contributed by atoms with E-state index in [9.17, 15) is 9.18 Å². The Hall–Kier alpha value is -0.840. The lowest BCUT2D eigenvalue weighted by Crippen LogP contribution is -2.31. The molecule has 2 rings (SSSR count). The molecule has 1 heterocycles. The molecule has 1 unspecified atom stereocenters. The minimum absolute atomic E-state index is 0. The molecule has 0 spiro atoms. The van der Waals surface area contributed by atoms with E-state index in [1.807, 2.05) is 0 Å². The molecular weight excluding hydrogens is 290 g/mol. The first-order valence-electron chi connectivity index (χ1n) is 6.07. The molecule has 0 radical (unpaired) electrons. The predicted molar refractivity (Wildman–Crippen MR) is 76.3 cm³/mol. The zero-order chi connectivity index (χ0) is 13.0. The number of benzene rings is 1. The van der Waals surface area contributed by atoms with Crippen LogP contribution in [0.15, 0.2) is 18.2 Å². The monoisotopic (exact) mass is 306 g/mol. The maximum atomic E-state index is 13.5. The molecule has 6 heteroatoms. The van der Waals surface area contributed by atoms with Gasteiger partial charge in [-0.15, -0.1) is 12.4 Å². The molecule has 0 saturated carbocycles. The van der Waals surface area contributed by atoms with E-state index < -0.39 is 5.82 Å². The summed E-state index contributed by atoms with van der Waals surface area (Å²) in [6, 6.07) is 4.44. The van der Waals surface area contributed by atoms with Crippen LogP contribution in [0, 0.1) is 11.7 Å². The fraction of sp³-hybridized carbons (Fsp3) is 0.462. The van der Waals surface area contributed by atoms with Crippen molar-refractivity contribution in [1.29, 1.82) is 0 Å². The molecule has 2 N–H and O–H groups in total. The Kier molecular flexibility index (Phi) is 6.55. The first kappa shape index (κ1) is 16.2. The number of halogens is 3. The third-order valence-corrected chi connectivity index (χ3v) is 3.50. The lowest BCUT2D eigenvalue weighted by atomic mass is 10.1. The van der Waals surface area contributed by atoms with E-state index in [-0.39, 0.29) is 30.3 Å². The molecule has 0 aliphatic carbocycles. The average Bonchev–Trinajstić information content (AvgIpc) is 2.84. The Morgan fingerprint density at radius 1 is 1.53 bits per heavy atom. The minimum atomic E-state index is -0.430. The quantitative estimate of drug-likeness (QED) is 0.895. The van der Waals surface area contributed by atoms with Gasteiger partial charge in [0.15, 0.2) is 0 Å². The number of carbonyl (C=O) groups is 1. The van der Waals surface area contributed by atoms with E-state index in [4.69, 9.17) is 11.6 Å². The first-order chi connectivity index (χ1) is 8.66. The van der Waals surface area contributed by atoms with Gasteiger partial charge in [-0.1, -0.05) is 17.7 Å². The molecule has 1 fully saturated rings. The van der Waals surface area contributed by atoms with Gasteiger partial charge in [0.05, 0.1) is 6.42 Å². The summed E-state index contributed by atoms with van der Waals surface area (Å²) in [7, 11) is 0. The third kappa shape index (κ3) is 4.64. The van der Waals surface area contributed by atoms with Gasteiger partial charge in [-0.25, -0.2) is 4.39 Å². The smallest absolute Gasteiger partial charge is 0.224 e. The van der Waals surface area contributed by atoms with Gasteiger partial charge < -0.3 is 10.6 Å². The molecule has 19 heavy (non-hydrogen) atoms. The highest BCUT2D eigenvalue weighted by Gasteiger charge is 2.16. The molecule has 0 bridgehead atoms. The minimum Gasteiger partial charge on any atom is -0.355 e. The number of nitrogens with one attached hydrogen (secondary N) is 2. The summed E-state index contributed by atoms with van der Waals surface area (Å²) in [5.41, 5.74) is 0.265. The third-order valence-electron chi connectivity index (χ3n) is 3.15. The number of rotatable bonds is 4. The molecule has 0 aromatic heterocycles. The number of hydrogen-bond acceptors (Lipinski definition) is 2. The van der Waals surface area contributed by atoms with Crippen LogP contribution in [0.25, 0.3) is 0 Å². The van der Waals surface area contributed by atoms with Crippen LogP contribution >= 0.6 is 24.0 Å². The zero-order valence-corrected chi connectivity index (χ0v) is 12.0. The van der Waals surface area contributed by atoms with Crippen molar-refractivity contribution >= 4 is 29.9 Å². The summed E-state index contributed by atoms with van der Waals surface area (Å²) in [6.45, 7) is 2.57. The van der Waals surface area contributed by atoms with Gasteiger partial charge in [-0.3, -0.25) is 4.79 Å². The second-order valence-electron chi connectivity index (χ2n) is 4.54.